The number of rotatable bonds is 2. The van der Waals surface area contributed by atoms with Crippen LogP contribution in [0.1, 0.15) is 24.4 Å². The van der Waals surface area contributed by atoms with Crippen molar-refractivity contribution >= 4 is 29.1 Å². The third-order valence-corrected chi connectivity index (χ3v) is 4.28. The number of anilines is 1. The van der Waals surface area contributed by atoms with Crippen molar-refractivity contribution in [1.82, 2.24) is 14.7 Å². The highest BCUT2D eigenvalue weighted by molar-refractivity contribution is 6.39. The fourth-order valence-electron chi connectivity index (χ4n) is 2.88. The normalized spacial score (nSPS) is 17.3. The van der Waals surface area contributed by atoms with Crippen LogP contribution in [0.2, 0.25) is 5.02 Å². The van der Waals surface area contributed by atoms with Crippen molar-refractivity contribution in [2.24, 2.45) is 7.05 Å². The van der Waals surface area contributed by atoms with Gasteiger partial charge in [0.25, 0.3) is 0 Å². The first-order valence-electron chi connectivity index (χ1n) is 7.41. The highest BCUT2D eigenvalue weighted by atomic mass is 35.5. The molecule has 6 nitrogen and oxygen atoms in total. The molecular formula is C16H17ClN4O2. The van der Waals surface area contributed by atoms with Gasteiger partial charge in [0.2, 0.25) is 0 Å². The number of hydrogen-bond acceptors (Lipinski definition) is 3. The van der Waals surface area contributed by atoms with Gasteiger partial charge in [0, 0.05) is 24.8 Å². The lowest BCUT2D eigenvalue weighted by Gasteiger charge is -2.25. The molecule has 1 saturated heterocycles. The lowest BCUT2D eigenvalue weighted by atomic mass is 10.0. The molecule has 1 unspecified atom stereocenters. The number of aryl methyl sites for hydroxylation is 1. The average Bonchev–Trinajstić information content (AvgIpc) is 3.16. The molecule has 23 heavy (non-hydrogen) atoms. The number of likely N-dealkylation sites (tertiary alicyclic amines) is 1. The Morgan fingerprint density at radius 2 is 2.13 bits per heavy atom. The molecule has 1 aliphatic rings. The van der Waals surface area contributed by atoms with E-state index in [1.807, 2.05) is 18.2 Å². The summed E-state index contributed by atoms with van der Waals surface area (Å²) in [5.41, 5.74) is 1.38. The minimum atomic E-state index is -0.656. The Morgan fingerprint density at radius 3 is 2.83 bits per heavy atom. The molecule has 7 heteroatoms. The molecule has 1 N–H and O–H groups in total. The van der Waals surface area contributed by atoms with Crippen LogP contribution in [0.15, 0.2) is 36.7 Å². The Bertz CT molecular complexity index is 743. The monoisotopic (exact) mass is 332 g/mol. The number of nitrogens with one attached hydrogen (secondary N) is 1. The first kappa shape index (κ1) is 15.6. The largest absolute Gasteiger partial charge is 0.327 e. The van der Waals surface area contributed by atoms with Crippen LogP contribution in [0.5, 0.6) is 0 Å². The van der Waals surface area contributed by atoms with E-state index in [1.165, 1.54) is 6.20 Å². The maximum Gasteiger partial charge on any atom is 0.314 e. The van der Waals surface area contributed by atoms with Crippen molar-refractivity contribution in [2.45, 2.75) is 18.9 Å². The molecule has 1 fully saturated rings. The molecule has 0 radical (unpaired) electrons. The van der Waals surface area contributed by atoms with Gasteiger partial charge in [-0.2, -0.15) is 5.10 Å². The summed E-state index contributed by atoms with van der Waals surface area (Å²) in [6.45, 7) is 0.551. The van der Waals surface area contributed by atoms with E-state index >= 15 is 0 Å². The highest BCUT2D eigenvalue weighted by Gasteiger charge is 2.34. The van der Waals surface area contributed by atoms with Crippen molar-refractivity contribution < 1.29 is 9.59 Å². The minimum absolute atomic E-state index is 0.157. The van der Waals surface area contributed by atoms with Gasteiger partial charge in [-0.1, -0.05) is 29.8 Å². The highest BCUT2D eigenvalue weighted by Crippen LogP contribution is 2.35. The zero-order valence-electron chi connectivity index (χ0n) is 12.7. The van der Waals surface area contributed by atoms with Crippen LogP contribution in [0, 0.1) is 0 Å². The van der Waals surface area contributed by atoms with Crippen LogP contribution in [0.3, 0.4) is 0 Å². The fraction of sp³-hybridized carbons (Fsp3) is 0.312. The van der Waals surface area contributed by atoms with E-state index in [9.17, 15) is 9.59 Å². The van der Waals surface area contributed by atoms with Crippen LogP contribution in [0.25, 0.3) is 0 Å². The molecule has 1 aromatic carbocycles. The van der Waals surface area contributed by atoms with Gasteiger partial charge in [0.1, 0.15) is 0 Å². The maximum absolute atomic E-state index is 12.5. The van der Waals surface area contributed by atoms with Gasteiger partial charge >= 0.3 is 11.8 Å². The van der Waals surface area contributed by atoms with Gasteiger partial charge in [-0.15, -0.1) is 0 Å². The van der Waals surface area contributed by atoms with E-state index in [1.54, 1.807) is 28.9 Å². The molecule has 1 aliphatic heterocycles. The van der Waals surface area contributed by atoms with Crippen molar-refractivity contribution in [2.75, 3.05) is 11.9 Å². The number of benzene rings is 1. The van der Waals surface area contributed by atoms with Gasteiger partial charge in [0.15, 0.2) is 0 Å². The van der Waals surface area contributed by atoms with E-state index in [0.717, 1.165) is 18.4 Å². The first-order chi connectivity index (χ1) is 11.1. The minimum Gasteiger partial charge on any atom is -0.327 e. The lowest BCUT2D eigenvalue weighted by molar-refractivity contribution is -0.143. The summed E-state index contributed by atoms with van der Waals surface area (Å²) in [7, 11) is 1.74. The lowest BCUT2D eigenvalue weighted by Crippen LogP contribution is -2.39. The summed E-state index contributed by atoms with van der Waals surface area (Å²) in [6.07, 6.45) is 4.79. The molecule has 120 valence electrons. The van der Waals surface area contributed by atoms with Gasteiger partial charge in [-0.25, -0.2) is 0 Å². The Balaban J connectivity index is 1.75. The Labute approximate surface area is 139 Å². The summed E-state index contributed by atoms with van der Waals surface area (Å²) < 4.78 is 1.56. The smallest absolute Gasteiger partial charge is 0.314 e. The molecule has 3 rings (SSSR count). The average molecular weight is 333 g/mol. The number of nitrogens with zero attached hydrogens (tertiary/aromatic N) is 3. The predicted octanol–water partition coefficient (Wildman–Crippen LogP) is 2.38. The second kappa shape index (κ2) is 6.42. The SMILES string of the molecule is Cn1cc(NC(=O)C(=O)N2CCCC2c2ccccc2Cl)cn1. The molecular weight excluding hydrogens is 316 g/mol. The summed E-state index contributed by atoms with van der Waals surface area (Å²) in [5, 5.41) is 7.16. The third kappa shape index (κ3) is 3.22. The first-order valence-corrected chi connectivity index (χ1v) is 7.79. The quantitative estimate of drug-likeness (QED) is 0.859. The van der Waals surface area contributed by atoms with Crippen LogP contribution in [0.4, 0.5) is 5.69 Å². The Morgan fingerprint density at radius 1 is 1.35 bits per heavy atom. The number of amides is 2. The molecule has 0 saturated carbocycles. The zero-order chi connectivity index (χ0) is 16.4. The topological polar surface area (TPSA) is 67.2 Å². The number of carbonyl (C=O) groups excluding carboxylic acids is 2. The van der Waals surface area contributed by atoms with E-state index in [4.69, 9.17) is 11.6 Å². The van der Waals surface area contributed by atoms with Crippen LogP contribution in [-0.4, -0.2) is 33.0 Å². The van der Waals surface area contributed by atoms with Crippen molar-refractivity contribution in [3.8, 4) is 0 Å². The number of halogens is 1. The molecule has 0 bridgehead atoms. The standard InChI is InChI=1S/C16H17ClN4O2/c1-20-10-11(9-18-20)19-15(22)16(23)21-8-4-7-14(21)12-5-2-3-6-13(12)17/h2-3,5-6,9-10,14H,4,7-8H2,1H3,(H,19,22). The van der Waals surface area contributed by atoms with Crippen molar-refractivity contribution in [3.05, 3.63) is 47.2 Å². The van der Waals surface area contributed by atoms with Crippen molar-refractivity contribution in [3.63, 3.8) is 0 Å². The van der Waals surface area contributed by atoms with Gasteiger partial charge in [0.05, 0.1) is 17.9 Å². The second-order valence-electron chi connectivity index (χ2n) is 5.53. The van der Waals surface area contributed by atoms with E-state index in [-0.39, 0.29) is 6.04 Å². The van der Waals surface area contributed by atoms with E-state index < -0.39 is 11.8 Å². The molecule has 2 heterocycles. The van der Waals surface area contributed by atoms with Gasteiger partial charge in [-0.05, 0) is 24.5 Å². The van der Waals surface area contributed by atoms with Crippen LogP contribution < -0.4 is 5.32 Å². The summed E-state index contributed by atoms with van der Waals surface area (Å²) >= 11 is 6.24. The predicted molar refractivity (Wildman–Crippen MR) is 87.0 cm³/mol. The number of carbonyl (C=O) groups is 2. The molecule has 2 amide bonds. The molecule has 1 aromatic heterocycles. The summed E-state index contributed by atoms with van der Waals surface area (Å²) in [4.78, 5) is 26.3. The Kier molecular flexibility index (Phi) is 4.34. The summed E-state index contributed by atoms with van der Waals surface area (Å²) in [5.74, 6) is -1.20. The molecule has 0 aliphatic carbocycles. The van der Waals surface area contributed by atoms with Crippen LogP contribution >= 0.6 is 11.6 Å². The fourth-order valence-corrected chi connectivity index (χ4v) is 3.14. The number of hydrogen-bond donors (Lipinski definition) is 1. The number of aromatic nitrogens is 2. The Hall–Kier alpha value is -2.34. The maximum atomic E-state index is 12.5. The van der Waals surface area contributed by atoms with Gasteiger partial charge < -0.3 is 10.2 Å². The van der Waals surface area contributed by atoms with Crippen molar-refractivity contribution in [1.29, 1.82) is 0 Å². The molecule has 2 aromatic rings. The third-order valence-electron chi connectivity index (χ3n) is 3.93. The van der Waals surface area contributed by atoms with E-state index in [2.05, 4.69) is 10.4 Å². The second-order valence-corrected chi connectivity index (χ2v) is 5.94. The van der Waals surface area contributed by atoms with Gasteiger partial charge in [-0.3, -0.25) is 14.3 Å². The van der Waals surface area contributed by atoms with E-state index in [0.29, 0.717) is 17.3 Å². The molecule has 0 spiro atoms. The zero-order valence-corrected chi connectivity index (χ0v) is 13.5. The van der Waals surface area contributed by atoms with Crippen LogP contribution in [-0.2, 0) is 16.6 Å². The summed E-state index contributed by atoms with van der Waals surface area (Å²) in [6, 6.07) is 7.28. The molecule has 1 atom stereocenters.